The van der Waals surface area contributed by atoms with Crippen LogP contribution < -0.4 is 0 Å². The molecule has 0 atom stereocenters. The molecule has 0 bridgehead atoms. The number of nitrogens with zero attached hydrogens (tertiary/aromatic N) is 2. The van der Waals surface area contributed by atoms with E-state index in [1.807, 2.05) is 6.20 Å². The predicted molar refractivity (Wildman–Crippen MR) is 81.6 cm³/mol. The Bertz CT molecular complexity index is 416. The van der Waals surface area contributed by atoms with E-state index in [0.717, 1.165) is 31.1 Å². The normalized spacial score (nSPS) is 22.9. The van der Waals surface area contributed by atoms with Gasteiger partial charge in [0.25, 0.3) is 0 Å². The van der Waals surface area contributed by atoms with Gasteiger partial charge in [-0.1, -0.05) is 26.2 Å². The first-order valence-corrected chi connectivity index (χ1v) is 8.27. The molecule has 0 saturated heterocycles. The van der Waals surface area contributed by atoms with Gasteiger partial charge >= 0.3 is 0 Å². The van der Waals surface area contributed by atoms with Gasteiger partial charge in [-0.05, 0) is 38.5 Å². The molecule has 1 aliphatic carbocycles. The third-order valence-electron chi connectivity index (χ3n) is 4.74. The fourth-order valence-corrected chi connectivity index (χ4v) is 3.36. The van der Waals surface area contributed by atoms with Crippen LogP contribution in [0.4, 0.5) is 0 Å². The van der Waals surface area contributed by atoms with Crippen LogP contribution in [-0.2, 0) is 17.8 Å². The molecule has 0 aliphatic heterocycles. The Morgan fingerprint density at radius 2 is 2.05 bits per heavy atom. The minimum absolute atomic E-state index is 0.287. The van der Waals surface area contributed by atoms with Crippen LogP contribution in [0.2, 0.25) is 0 Å². The Morgan fingerprint density at radius 3 is 2.70 bits per heavy atom. The van der Waals surface area contributed by atoms with E-state index in [4.69, 9.17) is 0 Å². The Labute approximate surface area is 122 Å². The van der Waals surface area contributed by atoms with Gasteiger partial charge in [-0.2, -0.15) is 0 Å². The molecule has 0 N–H and O–H groups in total. The molecular formula is C17H28N2O. The van der Waals surface area contributed by atoms with Crippen LogP contribution in [0.1, 0.15) is 64.6 Å². The topological polar surface area (TPSA) is 34.9 Å². The van der Waals surface area contributed by atoms with Crippen molar-refractivity contribution in [2.75, 3.05) is 0 Å². The smallest absolute Gasteiger partial charge is 0.143 e. The van der Waals surface area contributed by atoms with Crippen molar-refractivity contribution in [2.45, 2.75) is 71.8 Å². The van der Waals surface area contributed by atoms with E-state index < -0.39 is 0 Å². The Balaban J connectivity index is 1.80. The fraction of sp³-hybridized carbons (Fsp3) is 0.765. The molecule has 2 rings (SSSR count). The molecule has 1 fully saturated rings. The van der Waals surface area contributed by atoms with E-state index in [1.54, 1.807) is 6.20 Å². The van der Waals surface area contributed by atoms with Crippen molar-refractivity contribution in [2.24, 2.45) is 11.8 Å². The minimum atomic E-state index is 0.287. The monoisotopic (exact) mass is 276 g/mol. The maximum atomic E-state index is 12.4. The van der Waals surface area contributed by atoms with E-state index in [0.29, 0.717) is 12.2 Å². The molecule has 0 radical (unpaired) electrons. The molecule has 0 spiro atoms. The van der Waals surface area contributed by atoms with Crippen LogP contribution in [0.3, 0.4) is 0 Å². The highest BCUT2D eigenvalue weighted by Gasteiger charge is 2.26. The molecule has 1 aromatic rings. The van der Waals surface area contributed by atoms with E-state index in [9.17, 15) is 4.79 Å². The number of unbranched alkanes of at least 4 members (excludes halogenated alkanes) is 1. The summed E-state index contributed by atoms with van der Waals surface area (Å²) in [5.41, 5.74) is 0. The summed E-state index contributed by atoms with van der Waals surface area (Å²) in [4.78, 5) is 16.7. The second-order valence-electron chi connectivity index (χ2n) is 6.13. The van der Waals surface area contributed by atoms with Crippen LogP contribution in [0.25, 0.3) is 0 Å². The van der Waals surface area contributed by atoms with Crippen LogP contribution in [0.5, 0.6) is 0 Å². The number of imidazole rings is 1. The molecule has 1 saturated carbocycles. The first kappa shape index (κ1) is 15.3. The highest BCUT2D eigenvalue weighted by Crippen LogP contribution is 2.32. The summed E-state index contributed by atoms with van der Waals surface area (Å²) in [5, 5.41) is 0. The molecule has 0 unspecified atom stereocenters. The second kappa shape index (κ2) is 7.61. The third kappa shape index (κ3) is 3.94. The maximum Gasteiger partial charge on any atom is 0.143 e. The Hall–Kier alpha value is -1.12. The molecule has 3 nitrogen and oxygen atoms in total. The molecule has 1 aromatic heterocycles. The summed E-state index contributed by atoms with van der Waals surface area (Å²) in [6.07, 6.45) is 13.0. The zero-order valence-corrected chi connectivity index (χ0v) is 13.0. The van der Waals surface area contributed by atoms with Crippen LogP contribution in [-0.4, -0.2) is 15.3 Å². The summed E-state index contributed by atoms with van der Waals surface area (Å²) < 4.78 is 2.07. The molecule has 3 heteroatoms. The van der Waals surface area contributed by atoms with E-state index >= 15 is 0 Å². The van der Waals surface area contributed by atoms with Crippen LogP contribution in [0, 0.1) is 11.8 Å². The number of hydrogen-bond donors (Lipinski definition) is 0. The summed E-state index contributed by atoms with van der Waals surface area (Å²) in [6.45, 7) is 5.24. The van der Waals surface area contributed by atoms with Crippen molar-refractivity contribution in [1.82, 2.24) is 9.55 Å². The number of ketones is 1. The lowest BCUT2D eigenvalue weighted by atomic mass is 9.77. The van der Waals surface area contributed by atoms with Crippen molar-refractivity contribution < 1.29 is 4.79 Å². The number of aryl methyl sites for hydroxylation is 1. The van der Waals surface area contributed by atoms with Gasteiger partial charge < -0.3 is 4.57 Å². The highest BCUT2D eigenvalue weighted by molar-refractivity contribution is 5.82. The lowest BCUT2D eigenvalue weighted by Crippen LogP contribution is -2.24. The first-order valence-electron chi connectivity index (χ1n) is 8.27. The molecular weight excluding hydrogens is 248 g/mol. The van der Waals surface area contributed by atoms with Gasteiger partial charge in [0.1, 0.15) is 11.6 Å². The van der Waals surface area contributed by atoms with Gasteiger partial charge in [-0.15, -0.1) is 0 Å². The number of hydrogen-bond acceptors (Lipinski definition) is 2. The molecule has 0 amide bonds. The van der Waals surface area contributed by atoms with E-state index in [-0.39, 0.29) is 5.92 Å². The summed E-state index contributed by atoms with van der Waals surface area (Å²) >= 11 is 0. The largest absolute Gasteiger partial charge is 0.335 e. The number of rotatable bonds is 7. The first-order chi connectivity index (χ1) is 9.74. The van der Waals surface area contributed by atoms with E-state index in [1.165, 1.54) is 32.1 Å². The number of Topliss-reactive ketones (excluding diaryl/α,β-unsaturated/α-hetero) is 1. The summed E-state index contributed by atoms with van der Waals surface area (Å²) in [5.74, 6) is 2.50. The van der Waals surface area contributed by atoms with E-state index in [2.05, 4.69) is 23.4 Å². The zero-order chi connectivity index (χ0) is 14.4. The second-order valence-corrected chi connectivity index (χ2v) is 6.13. The number of carbonyl (C=O) groups is 1. The lowest BCUT2D eigenvalue weighted by Gasteiger charge is -2.27. The predicted octanol–water partition coefficient (Wildman–Crippen LogP) is 4.01. The van der Waals surface area contributed by atoms with Crippen LogP contribution >= 0.6 is 0 Å². The van der Waals surface area contributed by atoms with Crippen molar-refractivity contribution in [3.63, 3.8) is 0 Å². The van der Waals surface area contributed by atoms with Gasteiger partial charge in [0, 0.05) is 24.9 Å². The van der Waals surface area contributed by atoms with Gasteiger partial charge in [-0.25, -0.2) is 4.98 Å². The highest BCUT2D eigenvalue weighted by atomic mass is 16.1. The van der Waals surface area contributed by atoms with Gasteiger partial charge in [-0.3, -0.25) is 4.79 Å². The molecule has 1 heterocycles. The average molecular weight is 276 g/mol. The molecule has 20 heavy (non-hydrogen) atoms. The standard InChI is InChI=1S/C17H28N2O/c1-3-5-6-14-7-9-15(10-8-14)16(20)13-17-18-11-12-19(17)4-2/h11-12,14-15H,3-10,13H2,1-2H3. The quantitative estimate of drug-likeness (QED) is 0.754. The van der Waals surface area contributed by atoms with Crippen LogP contribution in [0.15, 0.2) is 12.4 Å². The molecule has 0 aromatic carbocycles. The fourth-order valence-electron chi connectivity index (χ4n) is 3.36. The van der Waals surface area contributed by atoms with Gasteiger partial charge in [0.05, 0.1) is 6.42 Å². The summed E-state index contributed by atoms with van der Waals surface area (Å²) in [7, 11) is 0. The van der Waals surface area contributed by atoms with Gasteiger partial charge in [0.15, 0.2) is 0 Å². The maximum absolute atomic E-state index is 12.4. The zero-order valence-electron chi connectivity index (χ0n) is 13.0. The Morgan fingerprint density at radius 1 is 1.30 bits per heavy atom. The minimum Gasteiger partial charge on any atom is -0.335 e. The number of aromatic nitrogens is 2. The Kier molecular flexibility index (Phi) is 5.81. The molecule has 112 valence electrons. The van der Waals surface area contributed by atoms with Gasteiger partial charge in [0.2, 0.25) is 0 Å². The lowest BCUT2D eigenvalue weighted by molar-refractivity contribution is -0.123. The number of carbonyl (C=O) groups excluding carboxylic acids is 1. The SMILES string of the molecule is CCCCC1CCC(C(=O)Cc2nccn2CC)CC1. The van der Waals surface area contributed by atoms with Crippen molar-refractivity contribution in [3.05, 3.63) is 18.2 Å². The van der Waals surface area contributed by atoms with Crippen molar-refractivity contribution >= 4 is 5.78 Å². The third-order valence-corrected chi connectivity index (χ3v) is 4.74. The summed E-state index contributed by atoms with van der Waals surface area (Å²) in [6, 6.07) is 0. The van der Waals surface area contributed by atoms with Crippen molar-refractivity contribution in [3.8, 4) is 0 Å². The molecule has 1 aliphatic rings. The van der Waals surface area contributed by atoms with Crippen molar-refractivity contribution in [1.29, 1.82) is 0 Å². The average Bonchev–Trinajstić information content (AvgIpc) is 2.92.